The first kappa shape index (κ1) is 10.1. The summed E-state index contributed by atoms with van der Waals surface area (Å²) < 4.78 is 4.85. The highest BCUT2D eigenvalue weighted by Gasteiger charge is 2.53. The molecule has 1 aliphatic rings. The standard InChI is InChI=1S/C8H12Cl2O2/c1-7(2,9)5-4-12-6(11)8(5,3)10/h5H,4H2,1-3H3. The molecule has 1 heterocycles. The summed E-state index contributed by atoms with van der Waals surface area (Å²) in [7, 11) is 0. The Morgan fingerprint density at radius 1 is 1.67 bits per heavy atom. The number of hydrogen-bond acceptors (Lipinski definition) is 2. The number of carbonyl (C=O) groups is 1. The lowest BCUT2D eigenvalue weighted by Crippen LogP contribution is -2.41. The second-order valence-electron chi connectivity index (χ2n) is 3.79. The predicted octanol–water partition coefficient (Wildman–Crippen LogP) is 2.17. The highest BCUT2D eigenvalue weighted by molar-refractivity contribution is 6.35. The van der Waals surface area contributed by atoms with Gasteiger partial charge < -0.3 is 4.74 Å². The van der Waals surface area contributed by atoms with Gasteiger partial charge in [-0.1, -0.05) is 0 Å². The van der Waals surface area contributed by atoms with Gasteiger partial charge in [-0.25, -0.2) is 0 Å². The summed E-state index contributed by atoms with van der Waals surface area (Å²) in [6, 6.07) is 0. The number of cyclic esters (lactones) is 1. The van der Waals surface area contributed by atoms with Crippen LogP contribution in [0.15, 0.2) is 0 Å². The first-order valence-electron chi connectivity index (χ1n) is 3.81. The van der Waals surface area contributed by atoms with Crippen molar-refractivity contribution in [2.45, 2.75) is 30.5 Å². The number of rotatable bonds is 1. The molecular formula is C8H12Cl2O2. The highest BCUT2D eigenvalue weighted by Crippen LogP contribution is 2.42. The van der Waals surface area contributed by atoms with Crippen molar-refractivity contribution in [2.24, 2.45) is 5.92 Å². The van der Waals surface area contributed by atoms with Gasteiger partial charge in [0, 0.05) is 10.8 Å². The first-order chi connectivity index (χ1) is 5.26. The second kappa shape index (κ2) is 2.78. The van der Waals surface area contributed by atoms with E-state index in [0.29, 0.717) is 6.61 Å². The van der Waals surface area contributed by atoms with Crippen LogP contribution >= 0.6 is 23.2 Å². The molecule has 2 nitrogen and oxygen atoms in total. The SMILES string of the molecule is CC(C)(Cl)C1COC(=O)C1(C)Cl. The van der Waals surface area contributed by atoms with Gasteiger partial charge in [0.2, 0.25) is 0 Å². The molecule has 12 heavy (non-hydrogen) atoms. The molecule has 0 spiro atoms. The van der Waals surface area contributed by atoms with Gasteiger partial charge in [-0.3, -0.25) is 4.79 Å². The molecule has 0 bridgehead atoms. The Morgan fingerprint density at radius 2 is 2.17 bits per heavy atom. The molecular weight excluding hydrogens is 199 g/mol. The first-order valence-corrected chi connectivity index (χ1v) is 4.57. The van der Waals surface area contributed by atoms with Crippen LogP contribution in [-0.4, -0.2) is 22.3 Å². The molecule has 0 aliphatic carbocycles. The van der Waals surface area contributed by atoms with Crippen molar-refractivity contribution in [3.63, 3.8) is 0 Å². The fraction of sp³-hybridized carbons (Fsp3) is 0.875. The smallest absolute Gasteiger partial charge is 0.327 e. The number of carbonyl (C=O) groups excluding carboxylic acids is 1. The second-order valence-corrected chi connectivity index (χ2v) is 5.55. The van der Waals surface area contributed by atoms with Crippen molar-refractivity contribution in [1.29, 1.82) is 0 Å². The van der Waals surface area contributed by atoms with Gasteiger partial charge in [0.25, 0.3) is 0 Å². The van der Waals surface area contributed by atoms with Gasteiger partial charge in [0.1, 0.15) is 4.87 Å². The van der Waals surface area contributed by atoms with E-state index in [4.69, 9.17) is 27.9 Å². The number of hydrogen-bond donors (Lipinski definition) is 0. The molecule has 1 aliphatic heterocycles. The van der Waals surface area contributed by atoms with Crippen LogP contribution in [0, 0.1) is 5.92 Å². The molecule has 2 unspecified atom stereocenters. The number of alkyl halides is 2. The van der Waals surface area contributed by atoms with Crippen molar-refractivity contribution in [3.8, 4) is 0 Å². The molecule has 1 fully saturated rings. The van der Waals surface area contributed by atoms with Crippen LogP contribution in [0.4, 0.5) is 0 Å². The molecule has 2 atom stereocenters. The lowest BCUT2D eigenvalue weighted by Gasteiger charge is -2.29. The van der Waals surface area contributed by atoms with Crippen LogP contribution in [0.1, 0.15) is 20.8 Å². The van der Waals surface area contributed by atoms with Crippen molar-refractivity contribution in [2.75, 3.05) is 6.61 Å². The van der Waals surface area contributed by atoms with Crippen molar-refractivity contribution in [1.82, 2.24) is 0 Å². The molecule has 0 saturated carbocycles. The molecule has 70 valence electrons. The quantitative estimate of drug-likeness (QED) is 0.490. The van der Waals surface area contributed by atoms with Crippen LogP contribution in [0.5, 0.6) is 0 Å². The molecule has 0 radical (unpaired) electrons. The van der Waals surface area contributed by atoms with Crippen LogP contribution in [0.2, 0.25) is 0 Å². The normalized spacial score (nSPS) is 36.8. The summed E-state index contributed by atoms with van der Waals surface area (Å²) in [6.45, 7) is 5.64. The van der Waals surface area contributed by atoms with Gasteiger partial charge >= 0.3 is 5.97 Å². The molecule has 1 saturated heterocycles. The van der Waals surface area contributed by atoms with Crippen LogP contribution in [-0.2, 0) is 9.53 Å². The van der Waals surface area contributed by atoms with E-state index in [9.17, 15) is 4.79 Å². The van der Waals surface area contributed by atoms with E-state index in [-0.39, 0.29) is 11.9 Å². The Kier molecular flexibility index (Phi) is 2.34. The highest BCUT2D eigenvalue weighted by atomic mass is 35.5. The van der Waals surface area contributed by atoms with E-state index >= 15 is 0 Å². The fourth-order valence-electron chi connectivity index (χ4n) is 1.44. The van der Waals surface area contributed by atoms with E-state index < -0.39 is 9.75 Å². The minimum atomic E-state index is -0.967. The Hall–Kier alpha value is 0.0500. The van der Waals surface area contributed by atoms with Crippen molar-refractivity contribution in [3.05, 3.63) is 0 Å². The van der Waals surface area contributed by atoms with Crippen LogP contribution in [0.25, 0.3) is 0 Å². The Labute approximate surface area is 82.2 Å². The lowest BCUT2D eigenvalue weighted by molar-refractivity contribution is -0.139. The number of ether oxygens (including phenoxy) is 1. The van der Waals surface area contributed by atoms with E-state index in [1.165, 1.54) is 0 Å². The maximum absolute atomic E-state index is 11.1. The van der Waals surface area contributed by atoms with Crippen LogP contribution < -0.4 is 0 Å². The lowest BCUT2D eigenvalue weighted by atomic mass is 9.86. The largest absolute Gasteiger partial charge is 0.464 e. The summed E-state index contributed by atoms with van der Waals surface area (Å²) in [5.41, 5.74) is 0. The predicted molar refractivity (Wildman–Crippen MR) is 48.6 cm³/mol. The molecule has 0 amide bonds. The average molecular weight is 211 g/mol. The van der Waals surface area contributed by atoms with Gasteiger partial charge in [-0.2, -0.15) is 0 Å². The third-order valence-electron chi connectivity index (χ3n) is 2.26. The third kappa shape index (κ3) is 1.55. The zero-order valence-electron chi connectivity index (χ0n) is 7.36. The molecule has 0 N–H and O–H groups in total. The van der Waals surface area contributed by atoms with Crippen molar-refractivity contribution < 1.29 is 9.53 Å². The number of esters is 1. The molecule has 0 aromatic rings. The van der Waals surface area contributed by atoms with E-state index in [0.717, 1.165) is 0 Å². The van der Waals surface area contributed by atoms with E-state index in [1.807, 2.05) is 13.8 Å². The summed E-state index contributed by atoms with van der Waals surface area (Å²) in [4.78, 5) is 9.66. The molecule has 1 rings (SSSR count). The third-order valence-corrected chi connectivity index (χ3v) is 2.94. The summed E-state index contributed by atoms with van der Waals surface area (Å²) >= 11 is 12.1. The van der Waals surface area contributed by atoms with Gasteiger partial charge in [-0.05, 0) is 20.8 Å². The van der Waals surface area contributed by atoms with Gasteiger partial charge in [0.15, 0.2) is 0 Å². The minimum absolute atomic E-state index is 0.138. The van der Waals surface area contributed by atoms with E-state index in [1.54, 1.807) is 6.92 Å². The molecule has 4 heteroatoms. The van der Waals surface area contributed by atoms with Gasteiger partial charge in [-0.15, -0.1) is 23.2 Å². The summed E-state index contributed by atoms with van der Waals surface area (Å²) in [5.74, 6) is -0.510. The van der Waals surface area contributed by atoms with Crippen molar-refractivity contribution >= 4 is 29.2 Å². The van der Waals surface area contributed by atoms with Crippen LogP contribution in [0.3, 0.4) is 0 Å². The Bertz CT molecular complexity index is 206. The summed E-state index contributed by atoms with van der Waals surface area (Å²) in [6.07, 6.45) is 0. The summed E-state index contributed by atoms with van der Waals surface area (Å²) in [5, 5.41) is 0. The maximum atomic E-state index is 11.1. The Morgan fingerprint density at radius 3 is 2.33 bits per heavy atom. The maximum Gasteiger partial charge on any atom is 0.327 e. The molecule has 0 aromatic carbocycles. The zero-order valence-corrected chi connectivity index (χ0v) is 8.87. The number of halogens is 2. The Balaban J connectivity index is 2.89. The minimum Gasteiger partial charge on any atom is -0.464 e. The zero-order chi connectivity index (χ0) is 9.57. The monoisotopic (exact) mass is 210 g/mol. The topological polar surface area (TPSA) is 26.3 Å². The fourth-order valence-corrected chi connectivity index (χ4v) is 2.17. The molecule has 0 aromatic heterocycles. The average Bonchev–Trinajstić information content (AvgIpc) is 2.06. The van der Waals surface area contributed by atoms with Gasteiger partial charge in [0.05, 0.1) is 6.61 Å². The van der Waals surface area contributed by atoms with E-state index in [2.05, 4.69) is 0 Å².